The SMILES string of the molecule is COc1ncc(-c2ccnc(N3CCn4c(cc5c4CC(C)(C)C5)C3=O)c2[C@H](C)O)cc1Nc1ccc(N2CCN(C3CCN(c4ccc5c(c4)C(=O)N([C@H]4CCC(=O)N(C(C)OP(=O)(O)O)C4=O)C5=O)[C@@H](C)C3)C[C@@H]2C)cn1. The topological polar surface area (TPSA) is 257 Å². The number of rotatable bonds is 13. The molecule has 5 aromatic rings. The van der Waals surface area contributed by atoms with Crippen molar-refractivity contribution >= 4 is 66.1 Å². The van der Waals surface area contributed by atoms with Crippen LogP contribution in [0.4, 0.5) is 28.7 Å². The standard InChI is InChI=1S/C56H66N11O11P/c1-31-22-37(15-17-62(31)38-8-10-41-42(25-38)53(71)67(52(41)70)44-11-13-48(69)66(55(44)73)34(4)78-79(74,75)76)61-18-19-63(32(2)30-61)39-9-12-47(58-29-39)60-43-23-36(28-59-51(43)77-7)40-14-16-57-50(49(40)33(3)68)65-21-20-64-45(54(65)72)24-35-26-56(5,6)27-46(35)64/h8-10,12,14,16,23-25,28-29,31-34,37,44,68H,11,13,15,17-22,26-27,30H2,1-7H3,(H,58,60)(H2,74,75,76)/t31-,32-,33-,34?,37?,44-/m0/s1. The van der Waals surface area contributed by atoms with Gasteiger partial charge >= 0.3 is 7.82 Å². The number of hydrogen-bond acceptors (Lipinski definition) is 16. The second kappa shape index (κ2) is 20.5. The summed E-state index contributed by atoms with van der Waals surface area (Å²) in [6, 6.07) is 14.1. The minimum atomic E-state index is -5.07. The molecule has 1 aliphatic carbocycles. The number of imide groups is 2. The molecule has 0 bridgehead atoms. The van der Waals surface area contributed by atoms with Crippen molar-refractivity contribution in [3.63, 3.8) is 0 Å². The number of hydrogen-bond donors (Lipinski definition) is 4. The minimum Gasteiger partial charge on any atom is -0.480 e. The maximum Gasteiger partial charge on any atom is 0.471 e. The number of amides is 5. The van der Waals surface area contributed by atoms with Gasteiger partial charge in [-0.05, 0) is 125 Å². The van der Waals surface area contributed by atoms with Gasteiger partial charge in [-0.3, -0.25) is 48.1 Å². The highest BCUT2D eigenvalue weighted by Gasteiger charge is 2.49. The van der Waals surface area contributed by atoms with E-state index in [1.807, 2.05) is 36.5 Å². The van der Waals surface area contributed by atoms with Gasteiger partial charge in [0.2, 0.25) is 11.8 Å². The van der Waals surface area contributed by atoms with Crippen LogP contribution < -0.4 is 24.8 Å². The van der Waals surface area contributed by atoms with Gasteiger partial charge in [-0.25, -0.2) is 19.5 Å². The van der Waals surface area contributed by atoms with E-state index in [1.165, 1.54) is 11.3 Å². The number of anilines is 5. The monoisotopic (exact) mass is 1100 g/mol. The summed E-state index contributed by atoms with van der Waals surface area (Å²) in [5.41, 5.74) is 7.85. The van der Waals surface area contributed by atoms with E-state index in [9.17, 15) is 43.4 Å². The summed E-state index contributed by atoms with van der Waals surface area (Å²) in [5.74, 6) is -1.78. The van der Waals surface area contributed by atoms with Crippen LogP contribution in [0.3, 0.4) is 0 Å². The molecule has 2 unspecified atom stereocenters. The Morgan fingerprint density at radius 3 is 2.27 bits per heavy atom. The summed E-state index contributed by atoms with van der Waals surface area (Å²) in [6.45, 7) is 16.0. The van der Waals surface area contributed by atoms with Crippen molar-refractivity contribution in [2.45, 2.75) is 123 Å². The number of aliphatic hydroxyl groups is 1. The molecule has 416 valence electrons. The fraction of sp³-hybridized carbons (Fsp3) is 0.464. The summed E-state index contributed by atoms with van der Waals surface area (Å²) >= 11 is 0. The average Bonchev–Trinajstić information content (AvgIpc) is 4.13. The quantitative estimate of drug-likeness (QED) is 0.0771. The van der Waals surface area contributed by atoms with E-state index in [0.29, 0.717) is 76.2 Å². The summed E-state index contributed by atoms with van der Waals surface area (Å²) < 4.78 is 24.0. The molecule has 3 saturated heterocycles. The molecule has 4 N–H and O–H groups in total. The Bertz CT molecular complexity index is 3340. The number of benzene rings is 1. The lowest BCUT2D eigenvalue weighted by atomic mass is 9.90. The first-order valence-electron chi connectivity index (χ1n) is 27.0. The highest BCUT2D eigenvalue weighted by molar-refractivity contribution is 7.46. The number of piperazine rings is 1. The largest absolute Gasteiger partial charge is 0.480 e. The Kier molecular flexibility index (Phi) is 14.0. The number of phosphoric acid groups is 1. The van der Waals surface area contributed by atoms with Gasteiger partial charge in [0, 0.05) is 98.7 Å². The third-order valence-corrected chi connectivity index (χ3v) is 17.2. The normalized spacial score (nSPS) is 23.3. The fourth-order valence-electron chi connectivity index (χ4n) is 13.0. The molecule has 23 heteroatoms. The van der Waals surface area contributed by atoms with Crippen molar-refractivity contribution in [1.82, 2.24) is 34.2 Å². The van der Waals surface area contributed by atoms with Crippen molar-refractivity contribution in [2.75, 3.05) is 59.9 Å². The van der Waals surface area contributed by atoms with E-state index in [4.69, 9.17) is 9.72 Å². The number of carbonyl (C=O) groups excluding carboxylic acids is 5. The Morgan fingerprint density at radius 1 is 0.797 bits per heavy atom. The number of fused-ring (bicyclic) bond motifs is 4. The predicted octanol–water partition coefficient (Wildman–Crippen LogP) is 6.07. The molecule has 22 nitrogen and oxygen atoms in total. The zero-order valence-corrected chi connectivity index (χ0v) is 46.2. The molecule has 4 aromatic heterocycles. The van der Waals surface area contributed by atoms with Gasteiger partial charge < -0.3 is 39.3 Å². The molecule has 11 rings (SSSR count). The summed E-state index contributed by atoms with van der Waals surface area (Å²) in [7, 11) is -3.51. The maximum absolute atomic E-state index is 14.1. The second-order valence-electron chi connectivity index (χ2n) is 22.5. The minimum absolute atomic E-state index is 0.0953. The van der Waals surface area contributed by atoms with E-state index in [0.717, 1.165) is 68.5 Å². The van der Waals surface area contributed by atoms with Gasteiger partial charge in [-0.15, -0.1) is 0 Å². The highest BCUT2D eigenvalue weighted by Crippen LogP contribution is 2.43. The summed E-state index contributed by atoms with van der Waals surface area (Å²) in [6.07, 6.45) is 5.91. The van der Waals surface area contributed by atoms with E-state index in [2.05, 4.69) is 72.8 Å². The average molecular weight is 1100 g/mol. The molecule has 9 heterocycles. The van der Waals surface area contributed by atoms with Gasteiger partial charge in [-0.1, -0.05) is 13.8 Å². The van der Waals surface area contributed by atoms with Crippen LogP contribution in [0.2, 0.25) is 0 Å². The number of pyridine rings is 3. The molecule has 0 spiro atoms. The fourth-order valence-corrected chi connectivity index (χ4v) is 13.5. The first kappa shape index (κ1) is 53.9. The van der Waals surface area contributed by atoms with Gasteiger partial charge in [-0.2, -0.15) is 0 Å². The molecule has 6 atom stereocenters. The lowest BCUT2D eigenvalue weighted by Crippen LogP contribution is -2.58. The van der Waals surface area contributed by atoms with E-state index >= 15 is 0 Å². The molecule has 5 amide bonds. The van der Waals surface area contributed by atoms with Gasteiger partial charge in [0.1, 0.15) is 35.3 Å². The second-order valence-corrected chi connectivity index (χ2v) is 23.7. The number of phosphoric ester groups is 1. The molecular formula is C56H66N11O11P. The van der Waals surface area contributed by atoms with Gasteiger partial charge in [0.25, 0.3) is 23.6 Å². The molecule has 0 radical (unpaired) electrons. The first-order valence-corrected chi connectivity index (χ1v) is 28.5. The molecule has 6 aliphatic rings. The smallest absolute Gasteiger partial charge is 0.471 e. The lowest BCUT2D eigenvalue weighted by molar-refractivity contribution is -0.161. The number of aromatic nitrogens is 4. The van der Waals surface area contributed by atoms with Crippen LogP contribution in [0.5, 0.6) is 5.88 Å². The van der Waals surface area contributed by atoms with E-state index < -0.39 is 49.8 Å². The predicted molar refractivity (Wildman–Crippen MR) is 292 cm³/mol. The molecule has 3 fully saturated rings. The van der Waals surface area contributed by atoms with Gasteiger partial charge in [0.05, 0.1) is 36.2 Å². The van der Waals surface area contributed by atoms with Crippen molar-refractivity contribution < 1.29 is 52.7 Å². The van der Waals surface area contributed by atoms with Crippen molar-refractivity contribution in [1.29, 1.82) is 0 Å². The van der Waals surface area contributed by atoms with Crippen molar-refractivity contribution in [3.8, 4) is 17.0 Å². The Morgan fingerprint density at radius 2 is 1.56 bits per heavy atom. The number of piperidine rings is 2. The number of nitrogens with zero attached hydrogens (tertiary/aromatic N) is 10. The van der Waals surface area contributed by atoms with Crippen molar-refractivity contribution in [3.05, 3.63) is 101 Å². The number of methoxy groups -OCH3 is 1. The Hall–Kier alpha value is -7.07. The molecule has 0 saturated carbocycles. The zero-order valence-electron chi connectivity index (χ0n) is 45.3. The number of carbonyl (C=O) groups is 5. The van der Waals surface area contributed by atoms with E-state index in [1.54, 1.807) is 43.5 Å². The van der Waals surface area contributed by atoms with Crippen LogP contribution in [0.1, 0.15) is 121 Å². The Labute approximate surface area is 457 Å². The molecule has 79 heavy (non-hydrogen) atoms. The third kappa shape index (κ3) is 9.96. The maximum atomic E-state index is 14.1. The Balaban J connectivity index is 0.718. The number of nitrogens with one attached hydrogen (secondary N) is 1. The number of ether oxygens (including phenoxy) is 1. The summed E-state index contributed by atoms with van der Waals surface area (Å²) in [4.78, 5) is 111. The van der Waals surface area contributed by atoms with Crippen LogP contribution in [0, 0.1) is 5.41 Å². The van der Waals surface area contributed by atoms with Gasteiger partial charge in [0.15, 0.2) is 0 Å². The van der Waals surface area contributed by atoms with E-state index in [-0.39, 0.29) is 47.4 Å². The van der Waals surface area contributed by atoms with Crippen LogP contribution in [-0.4, -0.2) is 149 Å². The summed E-state index contributed by atoms with van der Waals surface area (Å²) in [5, 5.41) is 14.7. The molecular weight excluding hydrogens is 1030 g/mol. The van der Waals surface area contributed by atoms with Crippen molar-refractivity contribution in [2.24, 2.45) is 5.41 Å². The third-order valence-electron chi connectivity index (χ3n) is 16.6. The van der Waals surface area contributed by atoms with Crippen LogP contribution >= 0.6 is 7.82 Å². The zero-order chi connectivity index (χ0) is 56.0. The lowest BCUT2D eigenvalue weighted by Gasteiger charge is -2.48. The molecule has 5 aliphatic heterocycles. The molecule has 1 aromatic carbocycles. The highest BCUT2D eigenvalue weighted by atomic mass is 31.2. The first-order chi connectivity index (χ1) is 37.6. The van der Waals surface area contributed by atoms with Crippen LogP contribution in [-0.2, 0) is 38.1 Å². The number of aliphatic hydroxyl groups excluding tert-OH is 1. The van der Waals surface area contributed by atoms with Crippen LogP contribution in [0.15, 0.2) is 67.1 Å². The van der Waals surface area contributed by atoms with Crippen LogP contribution in [0.25, 0.3) is 11.1 Å². The number of likely N-dealkylation sites (tertiary alicyclic amines) is 1.